The molecule has 0 spiro atoms. The molecule has 0 aliphatic carbocycles. The van der Waals surface area contributed by atoms with Gasteiger partial charge in [0.05, 0.1) is 5.92 Å². The van der Waals surface area contributed by atoms with Crippen molar-refractivity contribution in [1.82, 2.24) is 14.7 Å². The zero-order valence-corrected chi connectivity index (χ0v) is 14.7. The minimum atomic E-state index is -0.233. The van der Waals surface area contributed by atoms with E-state index >= 15 is 0 Å². The summed E-state index contributed by atoms with van der Waals surface area (Å²) in [6.45, 7) is 6.70. The molecule has 1 unspecified atom stereocenters. The molecule has 1 atom stereocenters. The number of hydrogen-bond acceptors (Lipinski definition) is 3. The van der Waals surface area contributed by atoms with Crippen molar-refractivity contribution in [1.29, 1.82) is 0 Å². The Morgan fingerprint density at radius 2 is 1.78 bits per heavy atom. The van der Waals surface area contributed by atoms with Crippen LogP contribution in [0, 0.1) is 5.92 Å². The molecular formula is C16H26ClN3O3. The molecule has 0 aromatic carbocycles. The van der Waals surface area contributed by atoms with Crippen LogP contribution in [-0.2, 0) is 14.4 Å². The molecule has 23 heavy (non-hydrogen) atoms. The van der Waals surface area contributed by atoms with Gasteiger partial charge in [-0.15, -0.1) is 11.6 Å². The lowest BCUT2D eigenvalue weighted by Crippen LogP contribution is -2.52. The number of hydrogen-bond donors (Lipinski definition) is 0. The molecule has 0 aromatic heterocycles. The Morgan fingerprint density at radius 1 is 1.17 bits per heavy atom. The molecule has 0 N–H and O–H groups in total. The van der Waals surface area contributed by atoms with Gasteiger partial charge in [0.25, 0.3) is 0 Å². The molecule has 2 heterocycles. The van der Waals surface area contributed by atoms with E-state index in [1.807, 2.05) is 13.8 Å². The summed E-state index contributed by atoms with van der Waals surface area (Å²) in [7, 11) is 0. The fourth-order valence-corrected chi connectivity index (χ4v) is 3.34. The summed E-state index contributed by atoms with van der Waals surface area (Å²) < 4.78 is 0. The Bertz CT molecular complexity index is 461. The fraction of sp³-hybridized carbons (Fsp3) is 0.812. The lowest BCUT2D eigenvalue weighted by atomic mass is 10.1. The molecule has 0 aromatic rings. The third-order valence-corrected chi connectivity index (χ3v) is 4.87. The molecule has 3 amide bonds. The maximum atomic E-state index is 12.6. The molecule has 0 radical (unpaired) electrons. The van der Waals surface area contributed by atoms with Crippen LogP contribution in [0.1, 0.15) is 33.1 Å². The van der Waals surface area contributed by atoms with Crippen molar-refractivity contribution >= 4 is 29.3 Å². The van der Waals surface area contributed by atoms with Crippen LogP contribution in [-0.4, -0.2) is 77.1 Å². The van der Waals surface area contributed by atoms with Crippen molar-refractivity contribution in [2.45, 2.75) is 39.2 Å². The predicted molar refractivity (Wildman–Crippen MR) is 88.1 cm³/mol. The van der Waals surface area contributed by atoms with Crippen molar-refractivity contribution < 1.29 is 14.4 Å². The Kier molecular flexibility index (Phi) is 6.27. The van der Waals surface area contributed by atoms with Gasteiger partial charge in [-0.25, -0.2) is 0 Å². The van der Waals surface area contributed by atoms with Gasteiger partial charge in [-0.3, -0.25) is 14.4 Å². The first kappa shape index (κ1) is 18.0. The van der Waals surface area contributed by atoms with E-state index < -0.39 is 0 Å². The third kappa shape index (κ3) is 4.37. The SMILES string of the molecule is CC(C)N1CC(C(=O)N2CCN(C(=O)CCCCl)CC2)CC1=O. The number of rotatable bonds is 5. The Morgan fingerprint density at radius 3 is 2.30 bits per heavy atom. The van der Waals surface area contributed by atoms with E-state index in [9.17, 15) is 14.4 Å². The average Bonchev–Trinajstić information content (AvgIpc) is 2.94. The Balaban J connectivity index is 1.82. The molecule has 7 heteroatoms. The highest BCUT2D eigenvalue weighted by Gasteiger charge is 2.38. The van der Waals surface area contributed by atoms with Gasteiger partial charge in [-0.05, 0) is 20.3 Å². The molecule has 2 fully saturated rings. The second-order valence-corrected chi connectivity index (χ2v) is 6.92. The summed E-state index contributed by atoms with van der Waals surface area (Å²) in [5.41, 5.74) is 0. The second-order valence-electron chi connectivity index (χ2n) is 6.54. The van der Waals surface area contributed by atoms with E-state index in [0.29, 0.717) is 57.9 Å². The Labute approximate surface area is 142 Å². The maximum Gasteiger partial charge on any atom is 0.228 e. The standard InChI is InChI=1S/C16H26ClN3O3/c1-12(2)20-11-13(10-15(20)22)16(23)19-8-6-18(7-9-19)14(21)4-3-5-17/h12-13H,3-11H2,1-2H3. The summed E-state index contributed by atoms with van der Waals surface area (Å²) in [5.74, 6) is 0.484. The molecule has 2 saturated heterocycles. The van der Waals surface area contributed by atoms with Crippen LogP contribution in [0.3, 0.4) is 0 Å². The highest BCUT2D eigenvalue weighted by molar-refractivity contribution is 6.17. The normalized spacial score (nSPS) is 22.2. The van der Waals surface area contributed by atoms with Crippen molar-refractivity contribution in [2.75, 3.05) is 38.6 Å². The fourth-order valence-electron chi connectivity index (χ4n) is 3.21. The van der Waals surface area contributed by atoms with Gasteiger partial charge < -0.3 is 14.7 Å². The predicted octanol–water partition coefficient (Wildman–Crippen LogP) is 0.933. The van der Waals surface area contributed by atoms with Crippen molar-refractivity contribution in [3.05, 3.63) is 0 Å². The number of amides is 3. The molecule has 2 aliphatic heterocycles. The second kappa shape index (κ2) is 7.99. The minimum absolute atomic E-state index is 0.0503. The third-order valence-electron chi connectivity index (χ3n) is 4.60. The first-order chi connectivity index (χ1) is 10.9. The quantitative estimate of drug-likeness (QED) is 0.698. The first-order valence-electron chi connectivity index (χ1n) is 8.36. The summed E-state index contributed by atoms with van der Waals surface area (Å²) >= 11 is 5.61. The molecule has 2 aliphatic rings. The Hall–Kier alpha value is -1.30. The molecule has 0 saturated carbocycles. The highest BCUT2D eigenvalue weighted by atomic mass is 35.5. The zero-order chi connectivity index (χ0) is 17.0. The number of alkyl halides is 1. The molecule has 130 valence electrons. The van der Waals surface area contributed by atoms with E-state index in [0.717, 1.165) is 0 Å². The van der Waals surface area contributed by atoms with Crippen LogP contribution in [0.25, 0.3) is 0 Å². The highest BCUT2D eigenvalue weighted by Crippen LogP contribution is 2.22. The molecule has 0 bridgehead atoms. The van der Waals surface area contributed by atoms with Crippen molar-refractivity contribution in [3.8, 4) is 0 Å². The topological polar surface area (TPSA) is 60.9 Å². The average molecular weight is 344 g/mol. The van der Waals surface area contributed by atoms with E-state index in [2.05, 4.69) is 0 Å². The maximum absolute atomic E-state index is 12.6. The van der Waals surface area contributed by atoms with Gasteiger partial charge in [0.1, 0.15) is 0 Å². The number of carbonyl (C=O) groups excluding carboxylic acids is 3. The van der Waals surface area contributed by atoms with Gasteiger partial charge in [0, 0.05) is 57.5 Å². The minimum Gasteiger partial charge on any atom is -0.339 e. The summed E-state index contributed by atoms with van der Waals surface area (Å²) in [6.07, 6.45) is 1.47. The number of piperazine rings is 1. The van der Waals surface area contributed by atoms with E-state index in [1.54, 1.807) is 14.7 Å². The van der Waals surface area contributed by atoms with Crippen LogP contribution in [0.15, 0.2) is 0 Å². The van der Waals surface area contributed by atoms with Crippen LogP contribution in [0.5, 0.6) is 0 Å². The molecule has 6 nitrogen and oxygen atoms in total. The summed E-state index contributed by atoms with van der Waals surface area (Å²) in [4.78, 5) is 41.9. The lowest BCUT2D eigenvalue weighted by Gasteiger charge is -2.36. The molecule has 2 rings (SSSR count). The largest absolute Gasteiger partial charge is 0.339 e. The number of carbonyl (C=O) groups is 3. The number of halogens is 1. The molecular weight excluding hydrogens is 318 g/mol. The van der Waals surface area contributed by atoms with Gasteiger partial charge in [0.2, 0.25) is 17.7 Å². The summed E-state index contributed by atoms with van der Waals surface area (Å²) in [5, 5.41) is 0. The van der Waals surface area contributed by atoms with E-state index in [-0.39, 0.29) is 29.7 Å². The summed E-state index contributed by atoms with van der Waals surface area (Å²) in [6, 6.07) is 0.136. The van der Waals surface area contributed by atoms with Crippen LogP contribution in [0.2, 0.25) is 0 Å². The zero-order valence-electron chi connectivity index (χ0n) is 14.0. The van der Waals surface area contributed by atoms with Crippen molar-refractivity contribution in [3.63, 3.8) is 0 Å². The van der Waals surface area contributed by atoms with Crippen LogP contribution < -0.4 is 0 Å². The smallest absolute Gasteiger partial charge is 0.228 e. The first-order valence-corrected chi connectivity index (χ1v) is 8.89. The monoisotopic (exact) mass is 343 g/mol. The van der Waals surface area contributed by atoms with Gasteiger partial charge in [-0.2, -0.15) is 0 Å². The van der Waals surface area contributed by atoms with Gasteiger partial charge >= 0.3 is 0 Å². The van der Waals surface area contributed by atoms with Crippen molar-refractivity contribution in [2.24, 2.45) is 5.92 Å². The lowest BCUT2D eigenvalue weighted by molar-refractivity contribution is -0.142. The van der Waals surface area contributed by atoms with Gasteiger partial charge in [-0.1, -0.05) is 0 Å². The van der Waals surface area contributed by atoms with Crippen LogP contribution in [0.4, 0.5) is 0 Å². The van der Waals surface area contributed by atoms with Gasteiger partial charge in [0.15, 0.2) is 0 Å². The van der Waals surface area contributed by atoms with E-state index in [4.69, 9.17) is 11.6 Å². The number of nitrogens with zero attached hydrogens (tertiary/aromatic N) is 3. The van der Waals surface area contributed by atoms with E-state index in [1.165, 1.54) is 0 Å². The van der Waals surface area contributed by atoms with Crippen LogP contribution >= 0.6 is 11.6 Å². The number of likely N-dealkylation sites (tertiary alicyclic amines) is 1.